The third kappa shape index (κ3) is 3.35. The quantitative estimate of drug-likeness (QED) is 0.910. The molecule has 0 saturated heterocycles. The van der Waals surface area contributed by atoms with Gasteiger partial charge in [0.05, 0.1) is 16.8 Å². The molecule has 2 aromatic rings. The number of carbonyl (C=O) groups is 2. The Bertz CT molecular complexity index is 734. The molecule has 0 radical (unpaired) electrons. The molecule has 0 atom stereocenters. The number of anilines is 1. The van der Waals surface area contributed by atoms with Gasteiger partial charge in [-0.05, 0) is 36.4 Å². The maximum atomic E-state index is 13.7. The number of halogens is 3. The number of hydrogen-bond acceptors (Lipinski definition) is 2. The van der Waals surface area contributed by atoms with E-state index in [1.54, 1.807) is 0 Å². The maximum absolute atomic E-state index is 13.7. The van der Waals surface area contributed by atoms with Crippen molar-refractivity contribution < 1.29 is 23.5 Å². The highest BCUT2D eigenvalue weighted by atomic mass is 35.5. The molecule has 108 valence electrons. The van der Waals surface area contributed by atoms with E-state index >= 15 is 0 Å². The van der Waals surface area contributed by atoms with E-state index < -0.39 is 23.5 Å². The number of amides is 1. The minimum atomic E-state index is -1.30. The first kappa shape index (κ1) is 14.9. The van der Waals surface area contributed by atoms with Crippen LogP contribution < -0.4 is 5.32 Å². The van der Waals surface area contributed by atoms with Crippen LogP contribution in [0.3, 0.4) is 0 Å². The van der Waals surface area contributed by atoms with Gasteiger partial charge in [-0.25, -0.2) is 13.6 Å². The van der Waals surface area contributed by atoms with Gasteiger partial charge >= 0.3 is 5.97 Å². The highest BCUT2D eigenvalue weighted by molar-refractivity contribution is 6.30. The molecule has 21 heavy (non-hydrogen) atoms. The molecule has 7 heteroatoms. The average Bonchev–Trinajstić information content (AvgIpc) is 2.40. The standard InChI is InChI=1S/C14H8ClF2NO3/c15-8-2-3-9(10(16)6-8)13(19)18-12-4-1-7(14(20)21)5-11(12)17/h1-6H,(H,18,19)(H,20,21). The van der Waals surface area contributed by atoms with E-state index in [-0.39, 0.29) is 21.8 Å². The monoisotopic (exact) mass is 311 g/mol. The molecule has 0 spiro atoms. The Labute approximate surface area is 123 Å². The summed E-state index contributed by atoms with van der Waals surface area (Å²) in [4.78, 5) is 22.5. The average molecular weight is 312 g/mol. The van der Waals surface area contributed by atoms with Gasteiger partial charge < -0.3 is 10.4 Å². The zero-order valence-electron chi connectivity index (χ0n) is 10.4. The predicted molar refractivity (Wildman–Crippen MR) is 72.7 cm³/mol. The van der Waals surface area contributed by atoms with E-state index in [4.69, 9.17) is 16.7 Å². The third-order valence-corrected chi connectivity index (χ3v) is 2.88. The smallest absolute Gasteiger partial charge is 0.335 e. The number of rotatable bonds is 3. The van der Waals surface area contributed by atoms with E-state index in [2.05, 4.69) is 5.32 Å². The summed E-state index contributed by atoms with van der Waals surface area (Å²) in [5.74, 6) is -3.94. The Hall–Kier alpha value is -2.47. The molecule has 0 bridgehead atoms. The fraction of sp³-hybridized carbons (Fsp3) is 0. The van der Waals surface area contributed by atoms with Gasteiger partial charge in [-0.3, -0.25) is 4.79 Å². The van der Waals surface area contributed by atoms with E-state index in [0.717, 1.165) is 30.3 Å². The van der Waals surface area contributed by atoms with Crippen LogP contribution in [-0.2, 0) is 0 Å². The number of carbonyl (C=O) groups excluding carboxylic acids is 1. The molecule has 0 heterocycles. The minimum Gasteiger partial charge on any atom is -0.478 e. The third-order valence-electron chi connectivity index (χ3n) is 2.64. The summed E-state index contributed by atoms with van der Waals surface area (Å²) in [5.41, 5.74) is -0.816. The fourth-order valence-corrected chi connectivity index (χ4v) is 1.77. The van der Waals surface area contributed by atoms with Gasteiger partial charge in [0.25, 0.3) is 5.91 Å². The summed E-state index contributed by atoms with van der Waals surface area (Å²) in [6.07, 6.45) is 0. The largest absolute Gasteiger partial charge is 0.478 e. The normalized spacial score (nSPS) is 10.2. The number of hydrogen-bond donors (Lipinski definition) is 2. The van der Waals surface area contributed by atoms with Crippen molar-refractivity contribution in [2.24, 2.45) is 0 Å². The van der Waals surface area contributed by atoms with Crippen molar-refractivity contribution in [1.29, 1.82) is 0 Å². The van der Waals surface area contributed by atoms with Crippen molar-refractivity contribution in [2.45, 2.75) is 0 Å². The first-order valence-electron chi connectivity index (χ1n) is 5.67. The first-order chi connectivity index (χ1) is 9.88. The number of nitrogens with one attached hydrogen (secondary N) is 1. The molecule has 2 rings (SSSR count). The lowest BCUT2D eigenvalue weighted by atomic mass is 10.1. The summed E-state index contributed by atoms with van der Waals surface area (Å²) in [6.45, 7) is 0. The fourth-order valence-electron chi connectivity index (χ4n) is 1.61. The Balaban J connectivity index is 2.25. The number of carboxylic acid groups (broad SMARTS) is 1. The molecule has 2 aromatic carbocycles. The summed E-state index contributed by atoms with van der Waals surface area (Å²) in [5, 5.41) is 11.0. The molecule has 0 fully saturated rings. The molecule has 0 aromatic heterocycles. The van der Waals surface area contributed by atoms with Gasteiger partial charge in [0.1, 0.15) is 11.6 Å². The summed E-state index contributed by atoms with van der Waals surface area (Å²) < 4.78 is 27.2. The van der Waals surface area contributed by atoms with Crippen molar-refractivity contribution in [3.05, 3.63) is 64.2 Å². The topological polar surface area (TPSA) is 66.4 Å². The number of aromatic carboxylic acids is 1. The van der Waals surface area contributed by atoms with E-state index in [1.165, 1.54) is 6.07 Å². The molecule has 2 N–H and O–H groups in total. The summed E-state index contributed by atoms with van der Waals surface area (Å²) in [7, 11) is 0. The lowest BCUT2D eigenvalue weighted by molar-refractivity contribution is 0.0696. The van der Waals surface area contributed by atoms with Gasteiger partial charge in [-0.1, -0.05) is 11.6 Å². The van der Waals surface area contributed by atoms with Gasteiger partial charge in [0.2, 0.25) is 0 Å². The van der Waals surface area contributed by atoms with Crippen molar-refractivity contribution >= 4 is 29.2 Å². The summed E-state index contributed by atoms with van der Waals surface area (Å²) >= 11 is 5.57. The maximum Gasteiger partial charge on any atom is 0.335 e. The van der Waals surface area contributed by atoms with Crippen LogP contribution in [0.2, 0.25) is 5.02 Å². The van der Waals surface area contributed by atoms with Gasteiger partial charge in [0, 0.05) is 5.02 Å². The van der Waals surface area contributed by atoms with Crippen molar-refractivity contribution in [3.63, 3.8) is 0 Å². The van der Waals surface area contributed by atoms with Crippen LogP contribution in [-0.4, -0.2) is 17.0 Å². The second-order valence-electron chi connectivity index (χ2n) is 4.08. The molecule has 0 saturated carbocycles. The molecular formula is C14H8ClF2NO3. The molecule has 0 unspecified atom stereocenters. The van der Waals surface area contributed by atoms with E-state index in [1.807, 2.05) is 0 Å². The second kappa shape index (κ2) is 5.88. The van der Waals surface area contributed by atoms with Crippen molar-refractivity contribution in [2.75, 3.05) is 5.32 Å². The van der Waals surface area contributed by atoms with E-state index in [0.29, 0.717) is 0 Å². The van der Waals surface area contributed by atoms with Gasteiger partial charge in [0.15, 0.2) is 0 Å². The Kier molecular flexibility index (Phi) is 4.18. The van der Waals surface area contributed by atoms with Crippen molar-refractivity contribution in [1.82, 2.24) is 0 Å². The zero-order chi connectivity index (χ0) is 15.6. The van der Waals surface area contributed by atoms with Crippen molar-refractivity contribution in [3.8, 4) is 0 Å². The number of benzene rings is 2. The summed E-state index contributed by atoms with van der Waals surface area (Å²) in [6, 6.07) is 6.42. The SMILES string of the molecule is O=C(O)c1ccc(NC(=O)c2ccc(Cl)cc2F)c(F)c1. The zero-order valence-corrected chi connectivity index (χ0v) is 11.1. The van der Waals surface area contributed by atoms with Crippen LogP contribution in [0.5, 0.6) is 0 Å². The van der Waals surface area contributed by atoms with Crippen LogP contribution in [0.25, 0.3) is 0 Å². The van der Waals surface area contributed by atoms with Gasteiger partial charge in [-0.2, -0.15) is 0 Å². The van der Waals surface area contributed by atoms with E-state index in [9.17, 15) is 18.4 Å². The highest BCUT2D eigenvalue weighted by Gasteiger charge is 2.15. The lowest BCUT2D eigenvalue weighted by Gasteiger charge is -2.08. The van der Waals surface area contributed by atoms with Crippen LogP contribution in [0, 0.1) is 11.6 Å². The predicted octanol–water partition coefficient (Wildman–Crippen LogP) is 3.57. The molecule has 1 amide bonds. The minimum absolute atomic E-state index is 0.126. The van der Waals surface area contributed by atoms with Crippen LogP contribution >= 0.6 is 11.6 Å². The first-order valence-corrected chi connectivity index (χ1v) is 6.05. The lowest BCUT2D eigenvalue weighted by Crippen LogP contribution is -2.15. The molecular weight excluding hydrogens is 304 g/mol. The molecule has 0 aliphatic rings. The Morgan fingerprint density at radius 2 is 1.76 bits per heavy atom. The molecule has 0 aliphatic heterocycles. The Morgan fingerprint density at radius 3 is 2.33 bits per heavy atom. The van der Waals surface area contributed by atoms with Crippen LogP contribution in [0.15, 0.2) is 36.4 Å². The van der Waals surface area contributed by atoms with Gasteiger partial charge in [-0.15, -0.1) is 0 Å². The second-order valence-corrected chi connectivity index (χ2v) is 4.51. The highest BCUT2D eigenvalue weighted by Crippen LogP contribution is 2.19. The Morgan fingerprint density at radius 1 is 1.05 bits per heavy atom. The number of carboxylic acids is 1. The molecule has 0 aliphatic carbocycles. The molecule has 4 nitrogen and oxygen atoms in total. The van der Waals surface area contributed by atoms with Crippen LogP contribution in [0.4, 0.5) is 14.5 Å². The van der Waals surface area contributed by atoms with Crippen LogP contribution in [0.1, 0.15) is 20.7 Å².